The highest BCUT2D eigenvalue weighted by Gasteiger charge is 2.20. The number of aromatic nitrogens is 2. The van der Waals surface area contributed by atoms with Gasteiger partial charge in [-0.3, -0.25) is 9.48 Å². The van der Waals surface area contributed by atoms with Crippen molar-refractivity contribution in [3.8, 4) is 0 Å². The van der Waals surface area contributed by atoms with Crippen LogP contribution < -0.4 is 11.1 Å². The largest absolute Gasteiger partial charge is 0.395 e. The highest BCUT2D eigenvalue weighted by Crippen LogP contribution is 2.18. The van der Waals surface area contributed by atoms with Gasteiger partial charge in [0, 0.05) is 6.54 Å². The fraction of sp³-hybridized carbons (Fsp3) is 0.333. The average Bonchev–Trinajstić information content (AvgIpc) is 2.75. The zero-order chi connectivity index (χ0) is 14.7. The molecule has 5 nitrogen and oxygen atoms in total. The predicted molar refractivity (Wildman–Crippen MR) is 79.4 cm³/mol. The van der Waals surface area contributed by atoms with Crippen LogP contribution in [-0.4, -0.2) is 15.7 Å². The number of hydrogen-bond acceptors (Lipinski definition) is 3. The molecule has 0 spiro atoms. The molecule has 106 valence electrons. The fourth-order valence-corrected chi connectivity index (χ4v) is 2.15. The Bertz CT molecular complexity index is 604. The topological polar surface area (TPSA) is 72.9 Å². The molecule has 0 saturated carbocycles. The van der Waals surface area contributed by atoms with E-state index < -0.39 is 0 Å². The molecule has 1 atom stereocenters. The van der Waals surface area contributed by atoms with Gasteiger partial charge >= 0.3 is 0 Å². The van der Waals surface area contributed by atoms with E-state index in [-0.39, 0.29) is 11.9 Å². The van der Waals surface area contributed by atoms with E-state index in [9.17, 15) is 4.79 Å². The van der Waals surface area contributed by atoms with Crippen molar-refractivity contribution in [2.45, 2.75) is 33.4 Å². The molecule has 1 aromatic heterocycles. The lowest BCUT2D eigenvalue weighted by Crippen LogP contribution is -2.29. The molecule has 2 aromatic rings. The van der Waals surface area contributed by atoms with Crippen LogP contribution in [0.1, 0.15) is 41.6 Å². The van der Waals surface area contributed by atoms with Crippen molar-refractivity contribution in [1.29, 1.82) is 0 Å². The summed E-state index contributed by atoms with van der Waals surface area (Å²) >= 11 is 0. The third-order valence-electron chi connectivity index (χ3n) is 3.34. The number of carbonyl (C=O) groups excluding carboxylic acids is 1. The van der Waals surface area contributed by atoms with E-state index in [1.807, 2.05) is 44.2 Å². The van der Waals surface area contributed by atoms with E-state index in [4.69, 9.17) is 5.73 Å². The third kappa shape index (κ3) is 2.66. The van der Waals surface area contributed by atoms with Gasteiger partial charge in [0.05, 0.1) is 17.4 Å². The SMILES string of the molecule is CCn1nc(C)c(N)c1C(=O)N[C@@H](C)c1ccccc1. The molecule has 5 heteroatoms. The Kier molecular flexibility index (Phi) is 4.08. The van der Waals surface area contributed by atoms with Gasteiger partial charge in [0.15, 0.2) is 0 Å². The molecule has 0 aliphatic carbocycles. The van der Waals surface area contributed by atoms with Crippen LogP contribution in [-0.2, 0) is 6.54 Å². The highest BCUT2D eigenvalue weighted by atomic mass is 16.2. The molecule has 1 aromatic carbocycles. The summed E-state index contributed by atoms with van der Waals surface area (Å²) in [5.74, 6) is -0.193. The summed E-state index contributed by atoms with van der Waals surface area (Å²) in [7, 11) is 0. The number of nitrogen functional groups attached to an aromatic ring is 1. The van der Waals surface area contributed by atoms with E-state index in [0.717, 1.165) is 5.56 Å². The van der Waals surface area contributed by atoms with Crippen LogP contribution in [0.15, 0.2) is 30.3 Å². The lowest BCUT2D eigenvalue weighted by Gasteiger charge is -2.15. The van der Waals surface area contributed by atoms with E-state index in [2.05, 4.69) is 10.4 Å². The summed E-state index contributed by atoms with van der Waals surface area (Å²) in [6.45, 7) is 6.30. The van der Waals surface area contributed by atoms with Crippen molar-refractivity contribution in [3.05, 3.63) is 47.3 Å². The van der Waals surface area contributed by atoms with Gasteiger partial charge < -0.3 is 11.1 Å². The Labute approximate surface area is 118 Å². The van der Waals surface area contributed by atoms with Gasteiger partial charge in [0.25, 0.3) is 5.91 Å². The maximum Gasteiger partial charge on any atom is 0.272 e. The monoisotopic (exact) mass is 272 g/mol. The number of anilines is 1. The van der Waals surface area contributed by atoms with E-state index in [0.29, 0.717) is 23.6 Å². The lowest BCUT2D eigenvalue weighted by molar-refractivity contribution is 0.0930. The zero-order valence-electron chi connectivity index (χ0n) is 12.1. The van der Waals surface area contributed by atoms with Crippen molar-refractivity contribution in [1.82, 2.24) is 15.1 Å². The Morgan fingerprint density at radius 2 is 2.05 bits per heavy atom. The second-order valence-corrected chi connectivity index (χ2v) is 4.77. The van der Waals surface area contributed by atoms with Gasteiger partial charge in [-0.25, -0.2) is 0 Å². The minimum Gasteiger partial charge on any atom is -0.395 e. The molecule has 2 rings (SSSR count). The molecular weight excluding hydrogens is 252 g/mol. The van der Waals surface area contributed by atoms with Crippen LogP contribution in [0.4, 0.5) is 5.69 Å². The summed E-state index contributed by atoms with van der Waals surface area (Å²) in [5.41, 5.74) is 8.58. The Morgan fingerprint density at radius 3 is 2.65 bits per heavy atom. The summed E-state index contributed by atoms with van der Waals surface area (Å²) in [5, 5.41) is 7.22. The van der Waals surface area contributed by atoms with Crippen LogP contribution in [0.2, 0.25) is 0 Å². The Morgan fingerprint density at radius 1 is 1.40 bits per heavy atom. The Balaban J connectivity index is 2.21. The summed E-state index contributed by atoms with van der Waals surface area (Å²) in [4.78, 5) is 12.4. The molecule has 1 heterocycles. The number of aryl methyl sites for hydroxylation is 2. The van der Waals surface area contributed by atoms with Crippen molar-refractivity contribution >= 4 is 11.6 Å². The summed E-state index contributed by atoms with van der Waals surface area (Å²) < 4.78 is 1.64. The molecule has 0 radical (unpaired) electrons. The van der Waals surface area contributed by atoms with Crippen molar-refractivity contribution in [2.24, 2.45) is 0 Å². The van der Waals surface area contributed by atoms with Crippen molar-refractivity contribution in [2.75, 3.05) is 5.73 Å². The zero-order valence-corrected chi connectivity index (χ0v) is 12.1. The van der Waals surface area contributed by atoms with Crippen LogP contribution in [0.3, 0.4) is 0 Å². The van der Waals surface area contributed by atoms with Crippen LogP contribution in [0, 0.1) is 6.92 Å². The second kappa shape index (κ2) is 5.77. The maximum absolute atomic E-state index is 12.4. The van der Waals surface area contributed by atoms with Crippen molar-refractivity contribution in [3.63, 3.8) is 0 Å². The molecule has 0 saturated heterocycles. The van der Waals surface area contributed by atoms with Gasteiger partial charge in [-0.05, 0) is 26.3 Å². The summed E-state index contributed by atoms with van der Waals surface area (Å²) in [6, 6.07) is 9.74. The quantitative estimate of drug-likeness (QED) is 0.896. The number of benzene rings is 1. The molecule has 3 N–H and O–H groups in total. The minimum atomic E-state index is -0.193. The first-order valence-electron chi connectivity index (χ1n) is 6.73. The highest BCUT2D eigenvalue weighted by molar-refractivity contribution is 5.98. The molecule has 0 aliphatic heterocycles. The molecule has 1 amide bonds. The van der Waals surface area contributed by atoms with Crippen LogP contribution >= 0.6 is 0 Å². The van der Waals surface area contributed by atoms with Crippen molar-refractivity contribution < 1.29 is 4.79 Å². The molecule has 20 heavy (non-hydrogen) atoms. The third-order valence-corrected chi connectivity index (χ3v) is 3.34. The number of nitrogens with two attached hydrogens (primary N) is 1. The normalized spacial score (nSPS) is 12.2. The average molecular weight is 272 g/mol. The van der Waals surface area contributed by atoms with Gasteiger partial charge in [0.1, 0.15) is 5.69 Å². The second-order valence-electron chi connectivity index (χ2n) is 4.77. The number of nitrogens with one attached hydrogen (secondary N) is 1. The smallest absolute Gasteiger partial charge is 0.272 e. The number of hydrogen-bond donors (Lipinski definition) is 2. The number of nitrogens with zero attached hydrogens (tertiary/aromatic N) is 2. The molecular formula is C15H20N4O. The van der Waals surface area contributed by atoms with E-state index in [1.54, 1.807) is 11.6 Å². The number of amides is 1. The van der Waals surface area contributed by atoms with Crippen LogP contribution in [0.25, 0.3) is 0 Å². The molecule has 0 bridgehead atoms. The number of rotatable bonds is 4. The van der Waals surface area contributed by atoms with Crippen LogP contribution in [0.5, 0.6) is 0 Å². The summed E-state index contributed by atoms with van der Waals surface area (Å²) in [6.07, 6.45) is 0. The number of carbonyl (C=O) groups is 1. The Hall–Kier alpha value is -2.30. The molecule has 0 fully saturated rings. The van der Waals surface area contributed by atoms with E-state index in [1.165, 1.54) is 0 Å². The first-order chi connectivity index (χ1) is 9.54. The molecule has 0 unspecified atom stereocenters. The standard InChI is InChI=1S/C15H20N4O/c1-4-19-14(13(16)11(3)18-19)15(20)17-10(2)12-8-6-5-7-9-12/h5-10H,4,16H2,1-3H3,(H,17,20)/t10-/m0/s1. The predicted octanol–water partition coefficient (Wildman–Crippen LogP) is 2.28. The lowest BCUT2D eigenvalue weighted by atomic mass is 10.1. The maximum atomic E-state index is 12.4. The van der Waals surface area contributed by atoms with Gasteiger partial charge in [-0.15, -0.1) is 0 Å². The van der Waals surface area contributed by atoms with E-state index >= 15 is 0 Å². The first kappa shape index (κ1) is 14.1. The van der Waals surface area contributed by atoms with Gasteiger partial charge in [-0.2, -0.15) is 5.10 Å². The minimum absolute atomic E-state index is 0.0800. The fourth-order valence-electron chi connectivity index (χ4n) is 2.15. The van der Waals surface area contributed by atoms with Gasteiger partial charge in [0.2, 0.25) is 0 Å². The molecule has 0 aliphatic rings. The first-order valence-corrected chi connectivity index (χ1v) is 6.73. The van der Waals surface area contributed by atoms with Gasteiger partial charge in [-0.1, -0.05) is 30.3 Å².